The number of thiazole rings is 1. The molecule has 1 saturated heterocycles. The summed E-state index contributed by atoms with van der Waals surface area (Å²) in [6, 6.07) is 6.75. The molecule has 8 nitrogen and oxygen atoms in total. The molecule has 1 fully saturated rings. The van der Waals surface area contributed by atoms with E-state index < -0.39 is 24.5 Å². The molecule has 0 saturated carbocycles. The molecule has 0 aliphatic carbocycles. The molecule has 0 spiro atoms. The number of rotatable bonds is 6. The van der Waals surface area contributed by atoms with Crippen LogP contribution in [-0.4, -0.2) is 43.8 Å². The molecule has 0 radical (unpaired) electrons. The average molecular weight is 525 g/mol. The Kier molecular flexibility index (Phi) is 7.37. The van der Waals surface area contributed by atoms with Crippen molar-refractivity contribution in [1.82, 2.24) is 9.88 Å². The first-order chi connectivity index (χ1) is 14.3. The number of carboxylic acids is 1. The van der Waals surface area contributed by atoms with E-state index in [0.717, 1.165) is 21.1 Å². The summed E-state index contributed by atoms with van der Waals surface area (Å²) in [5.74, 6) is -1.57. The van der Waals surface area contributed by atoms with Gasteiger partial charge in [0.15, 0.2) is 5.13 Å². The highest BCUT2D eigenvalue weighted by molar-refractivity contribution is 9.10. The highest BCUT2D eigenvalue weighted by Crippen LogP contribution is 2.30. The van der Waals surface area contributed by atoms with Crippen LogP contribution < -0.4 is 10.6 Å². The first-order valence-corrected chi connectivity index (χ1v) is 11.1. The Balaban J connectivity index is 1.56. The number of halogens is 1. The van der Waals surface area contributed by atoms with Gasteiger partial charge in [-0.1, -0.05) is 46.0 Å². The number of hydrogen-bond donors (Lipinski definition) is 3. The van der Waals surface area contributed by atoms with Gasteiger partial charge >= 0.3 is 12.0 Å². The third-order valence-electron chi connectivity index (χ3n) is 3.53. The molecule has 1 aliphatic heterocycles. The molecule has 3 amide bonds. The normalized spacial score (nSPS) is 15.2. The Hall–Kier alpha value is -2.54. The molecule has 1 aromatic heterocycles. The van der Waals surface area contributed by atoms with Crippen LogP contribution in [0.4, 0.5) is 15.6 Å². The van der Waals surface area contributed by atoms with Crippen molar-refractivity contribution in [2.75, 3.05) is 17.2 Å². The first-order valence-electron chi connectivity index (χ1n) is 8.25. The highest BCUT2D eigenvalue weighted by Gasteiger charge is 2.32. The van der Waals surface area contributed by atoms with E-state index in [9.17, 15) is 14.4 Å². The van der Waals surface area contributed by atoms with Crippen LogP contribution in [0.2, 0.25) is 0 Å². The lowest BCUT2D eigenvalue weighted by Crippen LogP contribution is -2.33. The second-order valence-electron chi connectivity index (χ2n) is 5.71. The molecule has 0 bridgehead atoms. The van der Waals surface area contributed by atoms with E-state index >= 15 is 0 Å². The zero-order valence-corrected chi connectivity index (χ0v) is 19.0. The maximum absolute atomic E-state index is 12.2. The van der Waals surface area contributed by atoms with Crippen LogP contribution in [0.3, 0.4) is 0 Å². The van der Waals surface area contributed by atoms with Crippen LogP contribution in [0.1, 0.15) is 5.69 Å². The number of urea groups is 1. The van der Waals surface area contributed by atoms with Gasteiger partial charge in [-0.05, 0) is 36.4 Å². The van der Waals surface area contributed by atoms with Crippen LogP contribution in [0.25, 0.3) is 6.08 Å². The molecular formula is C18H13BrN4O4S3. The van der Waals surface area contributed by atoms with Gasteiger partial charge < -0.3 is 10.4 Å². The lowest BCUT2D eigenvalue weighted by Gasteiger charge is -2.09. The molecule has 30 heavy (non-hydrogen) atoms. The number of carbonyl (C=O) groups is 3. The lowest BCUT2D eigenvalue weighted by molar-refractivity contribution is -0.140. The zero-order valence-electron chi connectivity index (χ0n) is 15.0. The number of nitrogens with zero attached hydrogens (tertiary/aromatic N) is 2. The minimum absolute atomic E-state index is 0.207. The third kappa shape index (κ3) is 5.98. The van der Waals surface area contributed by atoms with E-state index in [1.54, 1.807) is 35.7 Å². The maximum atomic E-state index is 12.2. The summed E-state index contributed by atoms with van der Waals surface area (Å²) < 4.78 is 1.12. The maximum Gasteiger partial charge on any atom is 0.325 e. The van der Waals surface area contributed by atoms with Crippen molar-refractivity contribution >= 4 is 90.4 Å². The summed E-state index contributed by atoms with van der Waals surface area (Å²) in [6.45, 7) is -0.463. The number of aliphatic carboxylic acids is 1. The van der Waals surface area contributed by atoms with E-state index in [2.05, 4.69) is 31.5 Å². The van der Waals surface area contributed by atoms with Crippen molar-refractivity contribution in [2.45, 2.75) is 0 Å². The summed E-state index contributed by atoms with van der Waals surface area (Å²) in [6.07, 6.45) is 4.83. The van der Waals surface area contributed by atoms with Crippen LogP contribution in [0.15, 0.2) is 51.2 Å². The summed E-state index contributed by atoms with van der Waals surface area (Å²) in [5, 5.41) is 16.4. The van der Waals surface area contributed by atoms with Gasteiger partial charge in [-0.25, -0.2) is 9.78 Å². The number of carbonyl (C=O) groups excluding carboxylic acids is 2. The topological polar surface area (TPSA) is 112 Å². The quantitative estimate of drug-likeness (QED) is 0.379. The molecule has 1 aromatic carbocycles. The molecule has 3 N–H and O–H groups in total. The predicted molar refractivity (Wildman–Crippen MR) is 126 cm³/mol. The van der Waals surface area contributed by atoms with Crippen molar-refractivity contribution in [3.63, 3.8) is 0 Å². The van der Waals surface area contributed by atoms with Crippen molar-refractivity contribution in [2.24, 2.45) is 0 Å². The third-order valence-corrected chi connectivity index (χ3v) is 6.23. The summed E-state index contributed by atoms with van der Waals surface area (Å²) in [4.78, 5) is 40.7. The minimum atomic E-state index is -1.13. The van der Waals surface area contributed by atoms with Gasteiger partial charge in [0.1, 0.15) is 10.9 Å². The standard InChI is InChI=1S/C18H13BrN4O4S3/c19-10-4-6-11(7-5-10)20-16(27)22-17-21-12(9-29-17)2-1-3-13-15(26)23(8-14(24)25)18(28)30-13/h1-7,9H,8H2,(H,24,25)(H2,20,21,22,27)/b2-1+,13-3?. The Morgan fingerprint density at radius 1 is 1.27 bits per heavy atom. The highest BCUT2D eigenvalue weighted by atomic mass is 79.9. The van der Waals surface area contributed by atoms with Crippen LogP contribution >= 0.6 is 51.2 Å². The van der Waals surface area contributed by atoms with Crippen molar-refractivity contribution in [1.29, 1.82) is 0 Å². The number of aromatic nitrogens is 1. The zero-order chi connectivity index (χ0) is 21.7. The SMILES string of the molecule is O=C(O)CN1C(=O)C(=C/C=C/c2csc(NC(=O)Nc3ccc(Br)cc3)n2)SC1=S. The molecule has 154 valence electrons. The molecule has 0 atom stereocenters. The predicted octanol–water partition coefficient (Wildman–Crippen LogP) is 4.39. The molecule has 2 heterocycles. The molecule has 12 heteroatoms. The van der Waals surface area contributed by atoms with Crippen LogP contribution in [0.5, 0.6) is 0 Å². The number of thioether (sulfide) groups is 1. The fourth-order valence-electron chi connectivity index (χ4n) is 2.23. The van der Waals surface area contributed by atoms with Gasteiger partial charge in [0.05, 0.1) is 10.6 Å². The lowest BCUT2D eigenvalue weighted by atomic mass is 10.3. The van der Waals surface area contributed by atoms with Gasteiger partial charge in [0.25, 0.3) is 5.91 Å². The Morgan fingerprint density at radius 3 is 2.70 bits per heavy atom. The Bertz CT molecular complexity index is 1070. The van der Waals surface area contributed by atoms with Crippen LogP contribution in [0, 0.1) is 0 Å². The summed E-state index contributed by atoms with van der Waals surface area (Å²) in [5.41, 5.74) is 1.24. The molecule has 1 aliphatic rings. The Morgan fingerprint density at radius 2 is 2.00 bits per heavy atom. The number of benzene rings is 1. The smallest absolute Gasteiger partial charge is 0.325 e. The number of hydrogen-bond acceptors (Lipinski definition) is 7. The molecule has 0 unspecified atom stereocenters. The van der Waals surface area contributed by atoms with Gasteiger partial charge in [-0.2, -0.15) is 0 Å². The number of anilines is 2. The van der Waals surface area contributed by atoms with E-state index in [4.69, 9.17) is 17.3 Å². The van der Waals surface area contributed by atoms with Gasteiger partial charge in [-0.15, -0.1) is 11.3 Å². The molecule has 3 rings (SSSR count). The number of allylic oxidation sites excluding steroid dienone is 2. The largest absolute Gasteiger partial charge is 0.480 e. The van der Waals surface area contributed by atoms with E-state index in [0.29, 0.717) is 21.4 Å². The Labute approximate surface area is 193 Å². The van der Waals surface area contributed by atoms with Gasteiger partial charge in [0, 0.05) is 15.5 Å². The molecular weight excluding hydrogens is 512 g/mol. The number of thiocarbonyl (C=S) groups is 1. The van der Waals surface area contributed by atoms with Crippen LogP contribution in [-0.2, 0) is 9.59 Å². The second kappa shape index (κ2) is 9.98. The average Bonchev–Trinajstić information content (AvgIpc) is 3.23. The summed E-state index contributed by atoms with van der Waals surface area (Å²) >= 11 is 10.7. The number of carboxylic acid groups (broad SMARTS) is 1. The van der Waals surface area contributed by atoms with Crippen molar-refractivity contribution in [3.8, 4) is 0 Å². The number of amides is 3. The fraction of sp³-hybridized carbons (Fsp3) is 0.0556. The monoisotopic (exact) mass is 524 g/mol. The van der Waals surface area contributed by atoms with E-state index in [-0.39, 0.29) is 4.32 Å². The fourth-order valence-corrected chi connectivity index (χ4v) is 4.38. The summed E-state index contributed by atoms with van der Waals surface area (Å²) in [7, 11) is 0. The van der Waals surface area contributed by atoms with Crippen molar-refractivity contribution in [3.05, 3.63) is 56.9 Å². The molecule has 2 aromatic rings. The second-order valence-corrected chi connectivity index (χ2v) is 9.16. The van der Waals surface area contributed by atoms with Gasteiger partial charge in [0.2, 0.25) is 0 Å². The first kappa shape index (κ1) is 22.2. The van der Waals surface area contributed by atoms with E-state index in [1.165, 1.54) is 11.3 Å². The van der Waals surface area contributed by atoms with Crippen molar-refractivity contribution < 1.29 is 19.5 Å². The van der Waals surface area contributed by atoms with Gasteiger partial charge in [-0.3, -0.25) is 19.8 Å². The van der Waals surface area contributed by atoms with E-state index in [1.807, 2.05) is 12.1 Å². The number of nitrogens with one attached hydrogen (secondary N) is 2. The minimum Gasteiger partial charge on any atom is -0.480 e.